The van der Waals surface area contributed by atoms with Crippen molar-refractivity contribution in [2.75, 3.05) is 19.8 Å². The van der Waals surface area contributed by atoms with Gasteiger partial charge in [0.05, 0.1) is 13.2 Å². The molecule has 0 heterocycles. The van der Waals surface area contributed by atoms with E-state index in [1.54, 1.807) is 0 Å². The monoisotopic (exact) mass is 203 g/mol. The molecule has 0 saturated heterocycles. The zero-order chi connectivity index (χ0) is 10.8. The average molecular weight is 203 g/mol. The first-order chi connectivity index (χ1) is 6.72. The van der Waals surface area contributed by atoms with E-state index < -0.39 is 12.0 Å². The molecular weight excluding hydrogens is 182 g/mol. The van der Waals surface area contributed by atoms with Gasteiger partial charge in [0.15, 0.2) is 0 Å². The van der Waals surface area contributed by atoms with Crippen molar-refractivity contribution in [2.45, 2.75) is 39.2 Å². The van der Waals surface area contributed by atoms with Gasteiger partial charge in [-0.05, 0) is 12.8 Å². The fourth-order valence-corrected chi connectivity index (χ4v) is 0.999. The lowest BCUT2D eigenvalue weighted by molar-refractivity contribution is -0.130. The van der Waals surface area contributed by atoms with E-state index in [1.165, 1.54) is 0 Å². The van der Waals surface area contributed by atoms with Crippen molar-refractivity contribution in [1.29, 1.82) is 0 Å². The molecule has 14 heavy (non-hydrogen) atoms. The predicted molar refractivity (Wildman–Crippen MR) is 55.0 cm³/mol. The number of unbranched alkanes of at least 4 members (excludes halogenated alkanes) is 1. The highest BCUT2D eigenvalue weighted by Crippen LogP contribution is 1.96. The number of primary amides is 1. The molecule has 0 saturated carbocycles. The van der Waals surface area contributed by atoms with Crippen molar-refractivity contribution in [3.8, 4) is 0 Å². The van der Waals surface area contributed by atoms with Crippen LogP contribution in [0.3, 0.4) is 0 Å². The highest BCUT2D eigenvalue weighted by molar-refractivity contribution is 5.78. The second-order valence-corrected chi connectivity index (χ2v) is 3.14. The Morgan fingerprint density at radius 1 is 1.29 bits per heavy atom. The molecule has 0 radical (unpaired) electrons. The lowest BCUT2D eigenvalue weighted by atomic mass is 10.3. The van der Waals surface area contributed by atoms with Crippen LogP contribution in [0, 0.1) is 0 Å². The van der Waals surface area contributed by atoms with Crippen LogP contribution in [0.1, 0.15) is 33.1 Å². The maximum atomic E-state index is 10.8. The number of amides is 1. The van der Waals surface area contributed by atoms with Crippen molar-refractivity contribution >= 4 is 5.91 Å². The summed E-state index contributed by atoms with van der Waals surface area (Å²) in [6.45, 7) is 5.70. The Morgan fingerprint density at radius 2 is 2.00 bits per heavy atom. The molecule has 0 aromatic rings. The first kappa shape index (κ1) is 13.4. The number of carbonyl (C=O) groups excluding carboxylic acids is 1. The smallest absolute Gasteiger partial charge is 0.246 e. The number of rotatable bonds is 9. The first-order valence-corrected chi connectivity index (χ1v) is 5.21. The summed E-state index contributed by atoms with van der Waals surface area (Å²) in [5.41, 5.74) is 5.10. The number of carbonyl (C=O) groups is 1. The van der Waals surface area contributed by atoms with E-state index in [9.17, 15) is 4.79 Å². The summed E-state index contributed by atoms with van der Waals surface area (Å²) in [5, 5.41) is 0. The van der Waals surface area contributed by atoms with Gasteiger partial charge in [0.25, 0.3) is 0 Å². The molecule has 0 aliphatic heterocycles. The fraction of sp³-hybridized carbons (Fsp3) is 0.900. The standard InChI is InChI=1S/C10H21NO3/c1-3-5-6-13-7-8-14-9(4-2)10(11)12/h9H,3-8H2,1-2H3,(H2,11,12). The van der Waals surface area contributed by atoms with Crippen LogP contribution in [0.2, 0.25) is 0 Å². The zero-order valence-electron chi connectivity index (χ0n) is 9.12. The van der Waals surface area contributed by atoms with Crippen molar-refractivity contribution in [2.24, 2.45) is 5.73 Å². The lowest BCUT2D eigenvalue weighted by Crippen LogP contribution is -2.31. The van der Waals surface area contributed by atoms with Crippen LogP contribution in [-0.4, -0.2) is 31.8 Å². The molecule has 0 aromatic carbocycles. The van der Waals surface area contributed by atoms with Crippen molar-refractivity contribution < 1.29 is 14.3 Å². The Labute approximate surface area is 85.8 Å². The highest BCUT2D eigenvalue weighted by atomic mass is 16.5. The van der Waals surface area contributed by atoms with Gasteiger partial charge in [0.1, 0.15) is 6.10 Å². The molecule has 4 heteroatoms. The number of ether oxygens (including phenoxy) is 2. The third kappa shape index (κ3) is 6.86. The molecule has 4 nitrogen and oxygen atoms in total. The summed E-state index contributed by atoms with van der Waals surface area (Å²) < 4.78 is 10.5. The topological polar surface area (TPSA) is 61.6 Å². The van der Waals surface area contributed by atoms with Crippen LogP contribution in [0.5, 0.6) is 0 Å². The van der Waals surface area contributed by atoms with E-state index in [-0.39, 0.29) is 0 Å². The van der Waals surface area contributed by atoms with Gasteiger partial charge in [-0.25, -0.2) is 0 Å². The molecule has 0 aromatic heterocycles. The van der Waals surface area contributed by atoms with Gasteiger partial charge >= 0.3 is 0 Å². The fourth-order valence-electron chi connectivity index (χ4n) is 0.999. The normalized spacial score (nSPS) is 12.7. The minimum Gasteiger partial charge on any atom is -0.379 e. The maximum Gasteiger partial charge on any atom is 0.246 e. The summed E-state index contributed by atoms with van der Waals surface area (Å²) in [5.74, 6) is -0.402. The van der Waals surface area contributed by atoms with E-state index in [0.717, 1.165) is 19.4 Å². The Hall–Kier alpha value is -0.610. The molecular formula is C10H21NO3. The average Bonchev–Trinajstić information content (AvgIpc) is 2.16. The van der Waals surface area contributed by atoms with E-state index in [0.29, 0.717) is 19.6 Å². The van der Waals surface area contributed by atoms with Crippen LogP contribution in [0.25, 0.3) is 0 Å². The molecule has 1 unspecified atom stereocenters. The number of hydrogen-bond acceptors (Lipinski definition) is 3. The summed E-state index contributed by atoms with van der Waals surface area (Å²) >= 11 is 0. The Balaban J connectivity index is 3.29. The zero-order valence-corrected chi connectivity index (χ0v) is 9.12. The molecule has 0 rings (SSSR count). The van der Waals surface area contributed by atoms with Crippen LogP contribution < -0.4 is 5.73 Å². The van der Waals surface area contributed by atoms with Gasteiger partial charge in [-0.3, -0.25) is 4.79 Å². The largest absolute Gasteiger partial charge is 0.379 e. The number of nitrogens with two attached hydrogens (primary N) is 1. The van der Waals surface area contributed by atoms with Gasteiger partial charge in [-0.15, -0.1) is 0 Å². The highest BCUT2D eigenvalue weighted by Gasteiger charge is 2.11. The van der Waals surface area contributed by atoms with Gasteiger partial charge in [-0.2, -0.15) is 0 Å². The van der Waals surface area contributed by atoms with Crippen molar-refractivity contribution in [3.05, 3.63) is 0 Å². The Kier molecular flexibility index (Phi) is 8.57. The van der Waals surface area contributed by atoms with Gasteiger partial charge in [0.2, 0.25) is 5.91 Å². The Morgan fingerprint density at radius 3 is 2.50 bits per heavy atom. The summed E-state index contributed by atoms with van der Waals surface area (Å²) in [6.07, 6.45) is 2.33. The van der Waals surface area contributed by atoms with E-state index in [1.807, 2.05) is 6.92 Å². The third-order valence-corrected chi connectivity index (χ3v) is 1.88. The van der Waals surface area contributed by atoms with Crippen molar-refractivity contribution in [1.82, 2.24) is 0 Å². The second-order valence-electron chi connectivity index (χ2n) is 3.14. The number of hydrogen-bond donors (Lipinski definition) is 1. The van der Waals surface area contributed by atoms with Gasteiger partial charge in [-0.1, -0.05) is 20.3 Å². The van der Waals surface area contributed by atoms with Crippen LogP contribution in [0.15, 0.2) is 0 Å². The minimum absolute atomic E-state index is 0.402. The summed E-state index contributed by atoms with van der Waals surface area (Å²) in [6, 6.07) is 0. The molecule has 0 aliphatic rings. The van der Waals surface area contributed by atoms with Crippen LogP contribution in [-0.2, 0) is 14.3 Å². The molecule has 0 spiro atoms. The molecule has 1 atom stereocenters. The molecule has 0 aliphatic carbocycles. The SMILES string of the molecule is CCCCOCCOC(CC)C(N)=O. The van der Waals surface area contributed by atoms with E-state index >= 15 is 0 Å². The molecule has 0 bridgehead atoms. The maximum absolute atomic E-state index is 10.8. The van der Waals surface area contributed by atoms with Crippen molar-refractivity contribution in [3.63, 3.8) is 0 Å². The molecule has 84 valence electrons. The van der Waals surface area contributed by atoms with Gasteiger partial charge in [0, 0.05) is 6.61 Å². The van der Waals surface area contributed by atoms with Crippen LogP contribution in [0.4, 0.5) is 0 Å². The lowest BCUT2D eigenvalue weighted by Gasteiger charge is -2.12. The van der Waals surface area contributed by atoms with Gasteiger partial charge < -0.3 is 15.2 Å². The summed E-state index contributed by atoms with van der Waals surface area (Å²) in [7, 11) is 0. The minimum atomic E-state index is -0.468. The molecule has 1 amide bonds. The third-order valence-electron chi connectivity index (χ3n) is 1.88. The van der Waals surface area contributed by atoms with E-state index in [2.05, 4.69) is 6.92 Å². The quantitative estimate of drug-likeness (QED) is 0.570. The molecule has 2 N–H and O–H groups in total. The van der Waals surface area contributed by atoms with E-state index in [4.69, 9.17) is 15.2 Å². The van der Waals surface area contributed by atoms with Crippen LogP contribution >= 0.6 is 0 Å². The predicted octanol–water partition coefficient (Wildman–Crippen LogP) is 1.08. The Bertz CT molecular complexity index is 150. The molecule has 0 fully saturated rings. The first-order valence-electron chi connectivity index (χ1n) is 5.21. The summed E-state index contributed by atoms with van der Waals surface area (Å²) in [4.78, 5) is 10.8. The second kappa shape index (κ2) is 8.97.